The predicted molar refractivity (Wildman–Crippen MR) is 130 cm³/mol. The highest BCUT2D eigenvalue weighted by atomic mass is 35.5. The fourth-order valence-corrected chi connectivity index (χ4v) is 4.98. The molecule has 2 aliphatic rings. The van der Waals surface area contributed by atoms with E-state index >= 15 is 0 Å². The summed E-state index contributed by atoms with van der Waals surface area (Å²) >= 11 is 5.95. The molecule has 2 unspecified atom stereocenters. The van der Waals surface area contributed by atoms with Gasteiger partial charge in [0.2, 0.25) is 5.91 Å². The van der Waals surface area contributed by atoms with E-state index in [0.29, 0.717) is 30.2 Å². The Morgan fingerprint density at radius 1 is 1.09 bits per heavy atom. The van der Waals surface area contributed by atoms with E-state index in [9.17, 15) is 9.59 Å². The van der Waals surface area contributed by atoms with Crippen molar-refractivity contribution >= 4 is 23.4 Å². The number of amides is 2. The summed E-state index contributed by atoms with van der Waals surface area (Å²) in [7, 11) is 1.67. The smallest absolute Gasteiger partial charge is 0.253 e. The van der Waals surface area contributed by atoms with E-state index in [4.69, 9.17) is 16.3 Å². The van der Waals surface area contributed by atoms with Crippen molar-refractivity contribution in [2.24, 2.45) is 5.92 Å². The maximum Gasteiger partial charge on any atom is 0.253 e. The summed E-state index contributed by atoms with van der Waals surface area (Å²) in [5.41, 5.74) is 1.76. The molecule has 6 nitrogen and oxygen atoms in total. The van der Waals surface area contributed by atoms with Gasteiger partial charge in [0, 0.05) is 30.2 Å². The molecule has 7 heteroatoms. The van der Waals surface area contributed by atoms with Crippen molar-refractivity contribution in [2.45, 2.75) is 31.7 Å². The lowest BCUT2D eigenvalue weighted by molar-refractivity contribution is -0.126. The number of nitrogens with one attached hydrogen (secondary N) is 1. The van der Waals surface area contributed by atoms with Gasteiger partial charge in [0.25, 0.3) is 5.91 Å². The number of ether oxygens (including phenoxy) is 1. The van der Waals surface area contributed by atoms with E-state index in [1.54, 1.807) is 36.3 Å². The zero-order valence-electron chi connectivity index (χ0n) is 19.1. The number of carbonyl (C=O) groups is 2. The lowest BCUT2D eigenvalue weighted by Crippen LogP contribution is -2.47. The van der Waals surface area contributed by atoms with Crippen LogP contribution in [0.1, 0.15) is 47.6 Å². The van der Waals surface area contributed by atoms with Gasteiger partial charge in [-0.15, -0.1) is 0 Å². The van der Waals surface area contributed by atoms with E-state index in [1.165, 1.54) is 12.8 Å². The Kier molecular flexibility index (Phi) is 7.89. The fourth-order valence-electron chi connectivity index (χ4n) is 4.85. The molecule has 0 radical (unpaired) electrons. The Morgan fingerprint density at radius 3 is 2.58 bits per heavy atom. The van der Waals surface area contributed by atoms with Gasteiger partial charge in [0.15, 0.2) is 0 Å². The summed E-state index contributed by atoms with van der Waals surface area (Å²) in [6.45, 7) is 3.73. The van der Waals surface area contributed by atoms with Crippen molar-refractivity contribution < 1.29 is 14.3 Å². The first kappa shape index (κ1) is 23.6. The summed E-state index contributed by atoms with van der Waals surface area (Å²) in [4.78, 5) is 30.2. The molecule has 2 atom stereocenters. The van der Waals surface area contributed by atoms with Gasteiger partial charge in [-0.3, -0.25) is 14.5 Å². The first-order valence-corrected chi connectivity index (χ1v) is 12.1. The van der Waals surface area contributed by atoms with E-state index in [0.717, 1.165) is 37.2 Å². The Morgan fingerprint density at radius 2 is 1.85 bits per heavy atom. The monoisotopic (exact) mass is 469 g/mol. The number of nitrogens with zero attached hydrogens (tertiary/aromatic N) is 2. The van der Waals surface area contributed by atoms with Crippen LogP contribution in [0.25, 0.3) is 0 Å². The molecule has 0 saturated carbocycles. The van der Waals surface area contributed by atoms with Crippen LogP contribution in [0.15, 0.2) is 48.5 Å². The second kappa shape index (κ2) is 11.0. The molecule has 2 aliphatic heterocycles. The molecule has 2 aromatic rings. The summed E-state index contributed by atoms with van der Waals surface area (Å²) in [5, 5.41) is 3.80. The molecular formula is C26H32ClN3O3. The van der Waals surface area contributed by atoms with Crippen LogP contribution in [0.3, 0.4) is 0 Å². The SMILES string of the molecule is COc1cccc(C(CNC(=O)C2CCCN(C(=O)c3ccc(Cl)cc3)C2)N2CCCC2)c1. The maximum absolute atomic E-state index is 13.1. The number of piperidine rings is 1. The Hall–Kier alpha value is -2.57. The zero-order valence-corrected chi connectivity index (χ0v) is 19.9. The number of benzene rings is 2. The third-order valence-corrected chi connectivity index (χ3v) is 6.95. The standard InChI is InChI=1S/C26H32ClN3O3/c1-33-23-8-4-6-20(16-23)24(29-13-2-3-14-29)17-28-25(31)21-7-5-15-30(18-21)26(32)19-9-11-22(27)12-10-19/h4,6,8-12,16,21,24H,2-3,5,7,13-15,17-18H2,1H3,(H,28,31). The minimum Gasteiger partial charge on any atom is -0.497 e. The molecule has 0 bridgehead atoms. The third kappa shape index (κ3) is 5.87. The molecule has 2 amide bonds. The topological polar surface area (TPSA) is 61.9 Å². The lowest BCUT2D eigenvalue weighted by Gasteiger charge is -2.33. The second-order valence-corrected chi connectivity index (χ2v) is 9.31. The molecule has 0 aromatic heterocycles. The van der Waals surface area contributed by atoms with Crippen LogP contribution in [0.4, 0.5) is 0 Å². The fraction of sp³-hybridized carbons (Fsp3) is 0.462. The van der Waals surface area contributed by atoms with Gasteiger partial charge in [-0.1, -0.05) is 23.7 Å². The lowest BCUT2D eigenvalue weighted by atomic mass is 9.96. The van der Waals surface area contributed by atoms with Crippen LogP contribution in [0.5, 0.6) is 5.75 Å². The molecule has 2 saturated heterocycles. The van der Waals surface area contributed by atoms with Gasteiger partial charge in [-0.05, 0) is 80.7 Å². The maximum atomic E-state index is 13.1. The first-order valence-electron chi connectivity index (χ1n) is 11.8. The van der Waals surface area contributed by atoms with E-state index in [2.05, 4.69) is 22.3 Å². The molecule has 0 spiro atoms. The highest BCUT2D eigenvalue weighted by Crippen LogP contribution is 2.27. The van der Waals surface area contributed by atoms with Crippen LogP contribution >= 0.6 is 11.6 Å². The van der Waals surface area contributed by atoms with E-state index in [-0.39, 0.29) is 23.8 Å². The van der Waals surface area contributed by atoms with E-state index < -0.39 is 0 Å². The summed E-state index contributed by atoms with van der Waals surface area (Å²) in [6.07, 6.45) is 3.98. The predicted octanol–water partition coefficient (Wildman–Crippen LogP) is 4.15. The van der Waals surface area contributed by atoms with Gasteiger partial charge < -0.3 is 15.0 Å². The summed E-state index contributed by atoms with van der Waals surface area (Å²) < 4.78 is 5.41. The molecule has 2 aromatic carbocycles. The molecule has 2 heterocycles. The van der Waals surface area contributed by atoms with Crippen molar-refractivity contribution in [1.82, 2.24) is 15.1 Å². The van der Waals surface area contributed by atoms with Gasteiger partial charge in [0.1, 0.15) is 5.75 Å². The van der Waals surface area contributed by atoms with Crippen molar-refractivity contribution in [2.75, 3.05) is 39.8 Å². The van der Waals surface area contributed by atoms with Crippen LogP contribution in [0, 0.1) is 5.92 Å². The van der Waals surface area contributed by atoms with Crippen molar-refractivity contribution in [3.8, 4) is 5.75 Å². The van der Waals surface area contributed by atoms with Crippen LogP contribution in [0.2, 0.25) is 5.02 Å². The van der Waals surface area contributed by atoms with Crippen molar-refractivity contribution in [3.63, 3.8) is 0 Å². The number of likely N-dealkylation sites (tertiary alicyclic amines) is 2. The van der Waals surface area contributed by atoms with Gasteiger partial charge in [0.05, 0.1) is 19.1 Å². The Labute approximate surface area is 200 Å². The average Bonchev–Trinajstić information content (AvgIpc) is 3.39. The largest absolute Gasteiger partial charge is 0.497 e. The van der Waals surface area contributed by atoms with Crippen LogP contribution in [-0.4, -0.2) is 61.4 Å². The number of halogens is 1. The Bertz CT molecular complexity index is 960. The molecule has 176 valence electrons. The molecule has 0 aliphatic carbocycles. The second-order valence-electron chi connectivity index (χ2n) is 8.88. The Balaban J connectivity index is 1.39. The molecule has 1 N–H and O–H groups in total. The molecule has 2 fully saturated rings. The number of carbonyl (C=O) groups excluding carboxylic acids is 2. The third-order valence-electron chi connectivity index (χ3n) is 6.70. The number of methoxy groups -OCH3 is 1. The van der Waals surface area contributed by atoms with Gasteiger partial charge in [-0.2, -0.15) is 0 Å². The minimum atomic E-state index is -0.195. The van der Waals surface area contributed by atoms with Crippen LogP contribution in [-0.2, 0) is 4.79 Å². The van der Waals surface area contributed by atoms with Crippen LogP contribution < -0.4 is 10.1 Å². The highest BCUT2D eigenvalue weighted by molar-refractivity contribution is 6.30. The minimum absolute atomic E-state index is 0.0238. The molecular weight excluding hydrogens is 438 g/mol. The summed E-state index contributed by atoms with van der Waals surface area (Å²) in [5.74, 6) is 0.609. The van der Waals surface area contributed by atoms with Crippen molar-refractivity contribution in [3.05, 3.63) is 64.7 Å². The normalized spacial score (nSPS) is 19.8. The number of hydrogen-bond acceptors (Lipinski definition) is 4. The molecule has 4 rings (SSSR count). The summed E-state index contributed by atoms with van der Waals surface area (Å²) in [6, 6.07) is 15.1. The van der Waals surface area contributed by atoms with Gasteiger partial charge >= 0.3 is 0 Å². The zero-order chi connectivity index (χ0) is 23.2. The van der Waals surface area contributed by atoms with Crippen molar-refractivity contribution in [1.29, 1.82) is 0 Å². The number of hydrogen-bond donors (Lipinski definition) is 1. The number of rotatable bonds is 7. The molecule has 33 heavy (non-hydrogen) atoms. The quantitative estimate of drug-likeness (QED) is 0.661. The first-order chi connectivity index (χ1) is 16.0. The average molecular weight is 470 g/mol. The van der Waals surface area contributed by atoms with Gasteiger partial charge in [-0.25, -0.2) is 0 Å². The van der Waals surface area contributed by atoms with E-state index in [1.807, 2.05) is 12.1 Å². The highest BCUT2D eigenvalue weighted by Gasteiger charge is 2.30.